The molecule has 0 N–H and O–H groups in total. The highest BCUT2D eigenvalue weighted by Crippen LogP contribution is 2.51. The molecular weight excluding hydrogens is 530 g/mol. The van der Waals surface area contributed by atoms with Crippen LogP contribution in [0, 0.1) is 0 Å². The van der Waals surface area contributed by atoms with Gasteiger partial charge in [0.1, 0.15) is 0 Å². The van der Waals surface area contributed by atoms with Crippen LogP contribution in [-0.2, 0) is 10.8 Å². The normalized spacial score (nSPS) is 16.3. The first-order valence-electron chi connectivity index (χ1n) is 16.2. The Balaban J connectivity index is 1.27. The molecule has 0 amide bonds. The zero-order valence-electron chi connectivity index (χ0n) is 25.8. The number of anilines is 3. The summed E-state index contributed by atoms with van der Waals surface area (Å²) in [6.07, 6.45) is 6.33. The van der Waals surface area contributed by atoms with Crippen molar-refractivity contribution in [2.75, 3.05) is 4.90 Å². The van der Waals surface area contributed by atoms with Gasteiger partial charge in [0.15, 0.2) is 0 Å². The van der Waals surface area contributed by atoms with Crippen LogP contribution in [0.2, 0.25) is 0 Å². The van der Waals surface area contributed by atoms with E-state index in [9.17, 15) is 0 Å². The van der Waals surface area contributed by atoms with Gasteiger partial charge in [0.2, 0.25) is 0 Å². The lowest BCUT2D eigenvalue weighted by Crippen LogP contribution is -2.30. The molecule has 0 spiro atoms. The lowest BCUT2D eigenvalue weighted by atomic mass is 9.65. The molecule has 0 saturated heterocycles. The molecule has 0 unspecified atom stereocenters. The minimum atomic E-state index is -0.0517. The summed E-state index contributed by atoms with van der Waals surface area (Å²) >= 11 is 0. The molecule has 0 aromatic heterocycles. The van der Waals surface area contributed by atoms with E-state index in [-0.39, 0.29) is 10.8 Å². The second-order valence-electron chi connectivity index (χ2n) is 13.3. The van der Waals surface area contributed by atoms with E-state index in [0.29, 0.717) is 0 Å². The molecule has 0 heterocycles. The molecule has 0 atom stereocenters. The van der Waals surface area contributed by atoms with Gasteiger partial charge < -0.3 is 4.90 Å². The monoisotopic (exact) mass is 569 g/mol. The second kappa shape index (κ2) is 10.5. The fourth-order valence-corrected chi connectivity index (χ4v) is 8.18. The minimum absolute atomic E-state index is 0.0517. The molecule has 44 heavy (non-hydrogen) atoms. The summed E-state index contributed by atoms with van der Waals surface area (Å²) in [5.74, 6) is 0. The zero-order valence-corrected chi connectivity index (χ0v) is 25.8. The summed E-state index contributed by atoms with van der Waals surface area (Å²) in [7, 11) is 0. The Morgan fingerprint density at radius 2 is 1.05 bits per heavy atom. The van der Waals surface area contributed by atoms with Crippen molar-refractivity contribution in [3.05, 3.63) is 162 Å². The van der Waals surface area contributed by atoms with Crippen LogP contribution in [0.3, 0.4) is 0 Å². The van der Waals surface area contributed by atoms with Crippen molar-refractivity contribution in [1.29, 1.82) is 0 Å². The van der Waals surface area contributed by atoms with Crippen molar-refractivity contribution >= 4 is 27.8 Å². The fraction of sp³-hybridized carbons (Fsp3) is 0.209. The molecule has 1 heteroatoms. The summed E-state index contributed by atoms with van der Waals surface area (Å²) in [6, 6.07) is 52.3. The van der Waals surface area contributed by atoms with Gasteiger partial charge in [-0.25, -0.2) is 0 Å². The molecule has 1 saturated carbocycles. The average Bonchev–Trinajstić information content (AvgIpc) is 3.31. The summed E-state index contributed by atoms with van der Waals surface area (Å²) < 4.78 is 0. The molecular formula is C43H39N. The lowest BCUT2D eigenvalue weighted by Gasteiger charge is -2.39. The highest BCUT2D eigenvalue weighted by atomic mass is 15.1. The zero-order chi connectivity index (χ0) is 29.7. The van der Waals surface area contributed by atoms with Crippen LogP contribution in [0.15, 0.2) is 140 Å². The van der Waals surface area contributed by atoms with Gasteiger partial charge in [-0.15, -0.1) is 0 Å². The van der Waals surface area contributed by atoms with Crippen LogP contribution in [-0.4, -0.2) is 0 Å². The Kier molecular flexibility index (Phi) is 6.45. The predicted molar refractivity (Wildman–Crippen MR) is 187 cm³/mol. The van der Waals surface area contributed by atoms with E-state index in [4.69, 9.17) is 0 Å². The maximum absolute atomic E-state index is 2.45. The molecule has 216 valence electrons. The Morgan fingerprint density at radius 1 is 0.455 bits per heavy atom. The largest absolute Gasteiger partial charge is 0.310 e. The van der Waals surface area contributed by atoms with Crippen molar-refractivity contribution in [3.63, 3.8) is 0 Å². The van der Waals surface area contributed by atoms with Crippen LogP contribution < -0.4 is 4.90 Å². The first kappa shape index (κ1) is 27.0. The SMILES string of the molecule is CC1(C)c2ccccc2-c2ccc(N(c3ccc(C4(c5ccccc5)CCCCC4)cc3)c3ccc4ccccc4c3)cc21. The maximum atomic E-state index is 2.45. The van der Waals surface area contributed by atoms with E-state index < -0.39 is 0 Å². The number of hydrogen-bond donors (Lipinski definition) is 0. The number of fused-ring (bicyclic) bond motifs is 4. The molecule has 6 aromatic rings. The van der Waals surface area contributed by atoms with Gasteiger partial charge in [0, 0.05) is 27.9 Å². The first-order valence-corrected chi connectivity index (χ1v) is 16.2. The molecule has 0 radical (unpaired) electrons. The Labute approximate surface area is 261 Å². The summed E-state index contributed by atoms with van der Waals surface area (Å²) in [4.78, 5) is 2.45. The third-order valence-electron chi connectivity index (χ3n) is 10.5. The van der Waals surface area contributed by atoms with Gasteiger partial charge in [0.25, 0.3) is 0 Å². The summed E-state index contributed by atoms with van der Waals surface area (Å²) in [6.45, 7) is 4.73. The second-order valence-corrected chi connectivity index (χ2v) is 13.3. The van der Waals surface area contributed by atoms with Gasteiger partial charge in [0.05, 0.1) is 0 Å². The molecule has 2 aliphatic rings. The molecule has 0 bridgehead atoms. The smallest absolute Gasteiger partial charge is 0.0468 e. The van der Waals surface area contributed by atoms with Crippen LogP contribution in [0.4, 0.5) is 17.1 Å². The Morgan fingerprint density at radius 3 is 1.84 bits per heavy atom. The quantitative estimate of drug-likeness (QED) is 0.200. The lowest BCUT2D eigenvalue weighted by molar-refractivity contribution is 0.346. The van der Waals surface area contributed by atoms with E-state index in [1.54, 1.807) is 0 Å². The topological polar surface area (TPSA) is 3.24 Å². The third-order valence-corrected chi connectivity index (χ3v) is 10.5. The number of rotatable bonds is 5. The van der Waals surface area contributed by atoms with Crippen molar-refractivity contribution in [1.82, 2.24) is 0 Å². The number of benzene rings is 6. The van der Waals surface area contributed by atoms with Crippen LogP contribution >= 0.6 is 0 Å². The molecule has 1 fully saturated rings. The van der Waals surface area contributed by atoms with Crippen LogP contribution in [0.25, 0.3) is 21.9 Å². The molecule has 0 aliphatic heterocycles. The van der Waals surface area contributed by atoms with Crippen molar-refractivity contribution in [2.45, 2.75) is 56.8 Å². The molecule has 8 rings (SSSR count). The Hall–Kier alpha value is -4.62. The Bertz CT molecular complexity index is 1960. The average molecular weight is 570 g/mol. The standard InChI is InChI=1S/C43H39N/c1-42(2)40-18-10-9-17-38(40)39-26-25-37(30-41(39)42)44(36-22-19-31-13-7-8-14-32(31)29-36)35-23-20-34(21-24-35)43(27-11-4-12-28-43)33-15-5-3-6-16-33/h3,5-10,13-26,29-30H,4,11-12,27-28H2,1-2H3. The molecule has 2 aliphatic carbocycles. The van der Waals surface area contributed by atoms with E-state index in [2.05, 4.69) is 158 Å². The van der Waals surface area contributed by atoms with Gasteiger partial charge in [-0.3, -0.25) is 0 Å². The number of hydrogen-bond acceptors (Lipinski definition) is 1. The summed E-state index contributed by atoms with van der Waals surface area (Å²) in [5.41, 5.74) is 12.0. The van der Waals surface area contributed by atoms with Crippen molar-refractivity contribution in [3.8, 4) is 11.1 Å². The maximum Gasteiger partial charge on any atom is 0.0468 e. The number of nitrogens with zero attached hydrogens (tertiary/aromatic N) is 1. The van der Waals surface area contributed by atoms with Gasteiger partial charge in [-0.05, 0) is 93.4 Å². The third kappa shape index (κ3) is 4.29. The minimum Gasteiger partial charge on any atom is -0.310 e. The van der Waals surface area contributed by atoms with E-state index >= 15 is 0 Å². The summed E-state index contributed by atoms with van der Waals surface area (Å²) in [5, 5.41) is 2.52. The highest BCUT2D eigenvalue weighted by Gasteiger charge is 2.37. The highest BCUT2D eigenvalue weighted by molar-refractivity contribution is 5.90. The fourth-order valence-electron chi connectivity index (χ4n) is 8.18. The van der Waals surface area contributed by atoms with Gasteiger partial charge >= 0.3 is 0 Å². The predicted octanol–water partition coefficient (Wildman–Crippen LogP) is 11.9. The van der Waals surface area contributed by atoms with Crippen molar-refractivity contribution in [2.24, 2.45) is 0 Å². The van der Waals surface area contributed by atoms with Gasteiger partial charge in [-0.1, -0.05) is 136 Å². The van der Waals surface area contributed by atoms with E-state index in [0.717, 1.165) is 0 Å². The van der Waals surface area contributed by atoms with Crippen LogP contribution in [0.5, 0.6) is 0 Å². The first-order chi connectivity index (χ1) is 21.5. The van der Waals surface area contributed by atoms with Gasteiger partial charge in [-0.2, -0.15) is 0 Å². The van der Waals surface area contributed by atoms with E-state index in [1.807, 2.05) is 0 Å². The van der Waals surface area contributed by atoms with Crippen molar-refractivity contribution < 1.29 is 0 Å². The van der Waals surface area contributed by atoms with Crippen LogP contribution in [0.1, 0.15) is 68.2 Å². The molecule has 6 aromatic carbocycles. The molecule has 1 nitrogen and oxygen atoms in total. The van der Waals surface area contributed by atoms with E-state index in [1.165, 1.54) is 93.3 Å².